The standard InChI is InChI=1S/C29H42Cl2N2O6.ClH/c1-29(2,3)39-28(34)33(16-17-35-18-20-37-25-8-4-23(5-9-25)12-14-30)27(32)22-36-19-21-38-26-10-6-24(7-11-26)13-15-31;/h4-11,27H,12-22,32H2,1-3H3;1H. The zero-order chi connectivity index (χ0) is 28.5. The smallest absolute Gasteiger partial charge is 0.411 e. The van der Waals surface area contributed by atoms with Crippen molar-refractivity contribution in [3.63, 3.8) is 0 Å². The first-order chi connectivity index (χ1) is 18.7. The van der Waals surface area contributed by atoms with Crippen molar-refractivity contribution in [1.82, 2.24) is 4.90 Å². The van der Waals surface area contributed by atoms with Crippen LogP contribution < -0.4 is 15.2 Å². The Labute approximate surface area is 254 Å². The molecule has 0 aliphatic rings. The van der Waals surface area contributed by atoms with Gasteiger partial charge in [0, 0.05) is 18.3 Å². The molecule has 1 atom stereocenters. The summed E-state index contributed by atoms with van der Waals surface area (Å²) >= 11 is 11.5. The van der Waals surface area contributed by atoms with Gasteiger partial charge in [-0.15, -0.1) is 35.6 Å². The van der Waals surface area contributed by atoms with E-state index < -0.39 is 17.9 Å². The Morgan fingerprint density at radius 2 is 1.27 bits per heavy atom. The van der Waals surface area contributed by atoms with Crippen LogP contribution in [0.25, 0.3) is 0 Å². The number of rotatable bonds is 18. The van der Waals surface area contributed by atoms with Crippen LogP contribution in [0.15, 0.2) is 48.5 Å². The van der Waals surface area contributed by atoms with Gasteiger partial charge in [-0.2, -0.15) is 0 Å². The molecule has 0 saturated carbocycles. The third-order valence-electron chi connectivity index (χ3n) is 5.40. The summed E-state index contributed by atoms with van der Waals surface area (Å²) in [6.07, 6.45) is 0.411. The second-order valence-corrected chi connectivity index (χ2v) is 10.5. The van der Waals surface area contributed by atoms with Gasteiger partial charge in [-0.1, -0.05) is 24.3 Å². The lowest BCUT2D eigenvalue weighted by Gasteiger charge is -2.31. The molecule has 0 aliphatic carbocycles. The van der Waals surface area contributed by atoms with Gasteiger partial charge in [0.25, 0.3) is 0 Å². The number of halogens is 3. The maximum Gasteiger partial charge on any atom is 0.411 e. The van der Waals surface area contributed by atoms with Gasteiger partial charge >= 0.3 is 6.09 Å². The summed E-state index contributed by atoms with van der Waals surface area (Å²) in [5.74, 6) is 2.68. The van der Waals surface area contributed by atoms with Crippen LogP contribution in [0.2, 0.25) is 0 Å². The molecule has 40 heavy (non-hydrogen) atoms. The fourth-order valence-corrected chi connectivity index (χ4v) is 3.87. The SMILES string of the molecule is CC(C)(C)OC(=O)N(CCOCCOc1ccc(CCCl)cc1)C(N)COCCOc1ccc(CCCl)cc1.Cl. The van der Waals surface area contributed by atoms with Gasteiger partial charge < -0.3 is 29.4 Å². The highest BCUT2D eigenvalue weighted by Crippen LogP contribution is 2.14. The fraction of sp³-hybridized carbons (Fsp3) is 0.552. The van der Waals surface area contributed by atoms with E-state index in [2.05, 4.69) is 0 Å². The molecule has 8 nitrogen and oxygen atoms in total. The molecule has 2 aromatic rings. The molecule has 0 aromatic heterocycles. The van der Waals surface area contributed by atoms with Gasteiger partial charge in [0.15, 0.2) is 0 Å². The van der Waals surface area contributed by atoms with Gasteiger partial charge in [-0.05, 0) is 69.0 Å². The number of carbonyl (C=O) groups is 1. The van der Waals surface area contributed by atoms with Crippen LogP contribution in [0.5, 0.6) is 11.5 Å². The molecule has 2 aromatic carbocycles. The maximum atomic E-state index is 12.8. The largest absolute Gasteiger partial charge is 0.491 e. The minimum absolute atomic E-state index is 0. The predicted molar refractivity (Wildman–Crippen MR) is 163 cm³/mol. The second-order valence-electron chi connectivity index (χ2n) is 9.79. The highest BCUT2D eigenvalue weighted by Gasteiger charge is 2.26. The van der Waals surface area contributed by atoms with Crippen LogP contribution in [0, 0.1) is 0 Å². The van der Waals surface area contributed by atoms with E-state index in [0.29, 0.717) is 38.2 Å². The lowest BCUT2D eigenvalue weighted by atomic mass is 10.2. The molecule has 2 N–H and O–H groups in total. The summed E-state index contributed by atoms with van der Waals surface area (Å²) < 4.78 is 28.3. The van der Waals surface area contributed by atoms with E-state index in [0.717, 1.165) is 35.5 Å². The van der Waals surface area contributed by atoms with E-state index in [1.165, 1.54) is 4.90 Å². The number of amides is 1. The summed E-state index contributed by atoms with van der Waals surface area (Å²) in [7, 11) is 0. The van der Waals surface area contributed by atoms with E-state index >= 15 is 0 Å². The van der Waals surface area contributed by atoms with Crippen molar-refractivity contribution in [2.75, 3.05) is 57.9 Å². The van der Waals surface area contributed by atoms with Gasteiger partial charge in [-0.25, -0.2) is 4.79 Å². The molecule has 0 bridgehead atoms. The third kappa shape index (κ3) is 15.2. The van der Waals surface area contributed by atoms with Crippen molar-refractivity contribution in [1.29, 1.82) is 0 Å². The average Bonchev–Trinajstić information content (AvgIpc) is 2.89. The van der Waals surface area contributed by atoms with Crippen LogP contribution in [0.3, 0.4) is 0 Å². The van der Waals surface area contributed by atoms with Crippen LogP contribution in [-0.4, -0.2) is 80.7 Å². The van der Waals surface area contributed by atoms with E-state index in [9.17, 15) is 4.79 Å². The Hall–Kier alpha value is -1.94. The first-order valence-electron chi connectivity index (χ1n) is 13.2. The third-order valence-corrected chi connectivity index (χ3v) is 5.78. The van der Waals surface area contributed by atoms with E-state index in [4.69, 9.17) is 52.6 Å². The Morgan fingerprint density at radius 3 is 1.73 bits per heavy atom. The zero-order valence-corrected chi connectivity index (χ0v) is 25.9. The van der Waals surface area contributed by atoms with Crippen LogP contribution in [0.1, 0.15) is 31.9 Å². The predicted octanol–water partition coefficient (Wildman–Crippen LogP) is 5.68. The lowest BCUT2D eigenvalue weighted by molar-refractivity contribution is -0.00995. The second kappa shape index (κ2) is 20.0. The fourth-order valence-electron chi connectivity index (χ4n) is 3.43. The zero-order valence-electron chi connectivity index (χ0n) is 23.6. The number of carbonyl (C=O) groups excluding carboxylic acids is 1. The van der Waals surface area contributed by atoms with Crippen LogP contribution >= 0.6 is 35.6 Å². The molecule has 226 valence electrons. The summed E-state index contributed by atoms with van der Waals surface area (Å²) in [4.78, 5) is 14.2. The van der Waals surface area contributed by atoms with E-state index in [1.807, 2.05) is 48.5 Å². The van der Waals surface area contributed by atoms with Crippen molar-refractivity contribution in [2.24, 2.45) is 5.73 Å². The van der Waals surface area contributed by atoms with Crippen molar-refractivity contribution in [3.8, 4) is 11.5 Å². The van der Waals surface area contributed by atoms with Gasteiger partial charge in [0.2, 0.25) is 0 Å². The quantitative estimate of drug-likeness (QED) is 0.130. The summed E-state index contributed by atoms with van der Waals surface area (Å²) in [6.45, 7) is 7.48. The Balaban J connectivity index is 0.00000800. The molecular weight excluding hydrogens is 579 g/mol. The number of hydrogen-bond acceptors (Lipinski definition) is 7. The molecule has 11 heteroatoms. The molecule has 0 aliphatic heterocycles. The van der Waals surface area contributed by atoms with Gasteiger partial charge in [0.1, 0.15) is 36.5 Å². The van der Waals surface area contributed by atoms with E-state index in [-0.39, 0.29) is 32.2 Å². The van der Waals surface area contributed by atoms with Gasteiger partial charge in [-0.3, -0.25) is 4.90 Å². The summed E-state index contributed by atoms with van der Waals surface area (Å²) in [5, 5.41) is 0. The monoisotopic (exact) mass is 620 g/mol. The normalized spacial score (nSPS) is 11.8. The Kier molecular flexibility index (Phi) is 18.1. The van der Waals surface area contributed by atoms with E-state index in [1.54, 1.807) is 20.8 Å². The molecule has 1 unspecified atom stereocenters. The number of benzene rings is 2. The minimum atomic E-state index is -0.707. The maximum absolute atomic E-state index is 12.8. The van der Waals surface area contributed by atoms with Crippen molar-refractivity contribution in [3.05, 3.63) is 59.7 Å². The Morgan fingerprint density at radius 1 is 0.800 bits per heavy atom. The number of nitrogens with two attached hydrogens (primary N) is 1. The molecule has 0 fully saturated rings. The van der Waals surface area contributed by atoms with Crippen LogP contribution in [-0.2, 0) is 27.1 Å². The number of alkyl halides is 2. The molecule has 2 rings (SSSR count). The minimum Gasteiger partial charge on any atom is -0.491 e. The topological polar surface area (TPSA) is 92.5 Å². The lowest BCUT2D eigenvalue weighted by Crippen LogP contribution is -2.51. The molecule has 0 saturated heterocycles. The van der Waals surface area contributed by atoms with Crippen molar-refractivity contribution < 1.29 is 28.5 Å². The van der Waals surface area contributed by atoms with Crippen molar-refractivity contribution in [2.45, 2.75) is 45.4 Å². The van der Waals surface area contributed by atoms with Gasteiger partial charge in [0.05, 0.1) is 26.4 Å². The highest BCUT2D eigenvalue weighted by molar-refractivity contribution is 6.18. The first kappa shape index (κ1) is 36.1. The molecule has 1 amide bonds. The number of nitrogens with zero attached hydrogens (tertiary/aromatic N) is 1. The number of ether oxygens (including phenoxy) is 5. The summed E-state index contributed by atoms with van der Waals surface area (Å²) in [5.41, 5.74) is 7.95. The molecule has 0 radical (unpaired) electrons. The highest BCUT2D eigenvalue weighted by atomic mass is 35.5. The summed E-state index contributed by atoms with van der Waals surface area (Å²) in [6, 6.07) is 15.6. The molecule has 0 spiro atoms. The Bertz CT molecular complexity index is 942. The number of hydrogen-bond donors (Lipinski definition) is 1. The molecule has 0 heterocycles. The van der Waals surface area contributed by atoms with Crippen molar-refractivity contribution >= 4 is 41.7 Å². The average molecular weight is 622 g/mol. The molecular formula is C29H43Cl3N2O6. The van der Waals surface area contributed by atoms with Crippen LogP contribution in [0.4, 0.5) is 4.79 Å². The number of aryl methyl sites for hydroxylation is 2. The first-order valence-corrected chi connectivity index (χ1v) is 14.2.